The van der Waals surface area contributed by atoms with E-state index < -0.39 is 21.2 Å². The van der Waals surface area contributed by atoms with Crippen LogP contribution in [-0.4, -0.2) is 43.7 Å². The van der Waals surface area contributed by atoms with E-state index in [4.69, 9.17) is 0 Å². The molecule has 1 aromatic heterocycles. The zero-order valence-electron chi connectivity index (χ0n) is 19.7. The minimum absolute atomic E-state index is 0.0308. The highest BCUT2D eigenvalue weighted by Crippen LogP contribution is 2.43. The fraction of sp³-hybridized carbons (Fsp3) is 0.480. The maximum Gasteiger partial charge on any atom is 0.353 e. The first kappa shape index (κ1) is 23.2. The second-order valence-electron chi connectivity index (χ2n) is 9.81. The van der Waals surface area contributed by atoms with Crippen molar-refractivity contribution >= 4 is 28.1 Å². The highest BCUT2D eigenvalue weighted by Gasteiger charge is 2.35. The van der Waals surface area contributed by atoms with Gasteiger partial charge in [-0.1, -0.05) is 25.3 Å². The molecule has 1 aliphatic carbocycles. The van der Waals surface area contributed by atoms with Gasteiger partial charge in [-0.05, 0) is 49.9 Å². The van der Waals surface area contributed by atoms with E-state index in [1.807, 2.05) is 24.2 Å². The third-order valence-electron chi connectivity index (χ3n) is 7.56. The van der Waals surface area contributed by atoms with Gasteiger partial charge in [0.2, 0.25) is 0 Å². The molecule has 1 saturated carbocycles. The van der Waals surface area contributed by atoms with Crippen LogP contribution < -0.4 is 4.90 Å². The molecule has 2 aliphatic rings. The summed E-state index contributed by atoms with van der Waals surface area (Å²) in [6.45, 7) is 2.56. The lowest BCUT2D eigenvalue weighted by Gasteiger charge is -2.24. The molecule has 5 rings (SSSR count). The van der Waals surface area contributed by atoms with Crippen LogP contribution in [0.5, 0.6) is 0 Å². The van der Waals surface area contributed by atoms with E-state index in [1.54, 1.807) is 18.2 Å². The number of nitro groups is 2. The summed E-state index contributed by atoms with van der Waals surface area (Å²) in [5, 5.41) is 33.5. The first-order chi connectivity index (χ1) is 16.9. The van der Waals surface area contributed by atoms with Gasteiger partial charge in [0.05, 0.1) is 32.8 Å². The van der Waals surface area contributed by atoms with Crippen molar-refractivity contribution in [2.75, 3.05) is 18.1 Å². The summed E-state index contributed by atoms with van der Waals surface area (Å²) in [5.74, 6) is 0.0581. The number of benzene rings is 2. The number of anilines is 1. The minimum Gasteiger partial charge on any atom is -0.396 e. The van der Waals surface area contributed by atoms with E-state index in [0.717, 1.165) is 24.8 Å². The van der Waals surface area contributed by atoms with Crippen molar-refractivity contribution in [1.29, 1.82) is 0 Å². The molecule has 184 valence electrons. The van der Waals surface area contributed by atoms with Gasteiger partial charge < -0.3 is 14.6 Å². The Hall–Kier alpha value is -3.53. The maximum atomic E-state index is 12.0. The van der Waals surface area contributed by atoms with Gasteiger partial charge in [0, 0.05) is 42.9 Å². The van der Waals surface area contributed by atoms with E-state index in [2.05, 4.69) is 9.55 Å². The zero-order valence-corrected chi connectivity index (χ0v) is 19.7. The number of hydrogen-bond acceptors (Lipinski definition) is 7. The molecule has 2 atom stereocenters. The lowest BCUT2D eigenvalue weighted by Crippen LogP contribution is -2.27. The molecular formula is C25H29N5O5. The summed E-state index contributed by atoms with van der Waals surface area (Å²) < 4.78 is 2.19. The number of nitro benzene ring substituents is 2. The van der Waals surface area contributed by atoms with Gasteiger partial charge in [0.1, 0.15) is 0 Å². The quantitative estimate of drug-likeness (QED) is 0.378. The van der Waals surface area contributed by atoms with Crippen molar-refractivity contribution in [2.45, 2.75) is 57.5 Å². The van der Waals surface area contributed by atoms with E-state index in [0.29, 0.717) is 29.4 Å². The fourth-order valence-corrected chi connectivity index (χ4v) is 5.81. The number of aromatic nitrogens is 2. The Morgan fingerprint density at radius 3 is 2.51 bits per heavy atom. The highest BCUT2D eigenvalue weighted by atomic mass is 16.6. The molecule has 0 bridgehead atoms. The molecule has 0 spiro atoms. The molecule has 2 heterocycles. The van der Waals surface area contributed by atoms with E-state index in [9.17, 15) is 25.3 Å². The smallest absolute Gasteiger partial charge is 0.353 e. The van der Waals surface area contributed by atoms with Crippen molar-refractivity contribution in [2.24, 2.45) is 5.92 Å². The Balaban J connectivity index is 1.63. The maximum absolute atomic E-state index is 12.0. The molecular weight excluding hydrogens is 450 g/mol. The summed E-state index contributed by atoms with van der Waals surface area (Å²) in [6, 6.07) is 8.89. The Kier molecular flexibility index (Phi) is 6.14. The van der Waals surface area contributed by atoms with Crippen molar-refractivity contribution < 1.29 is 15.0 Å². The van der Waals surface area contributed by atoms with Gasteiger partial charge in [-0.3, -0.25) is 20.2 Å². The predicted octanol–water partition coefficient (Wildman–Crippen LogP) is 5.23. The molecule has 1 saturated heterocycles. The molecule has 2 fully saturated rings. The second kappa shape index (κ2) is 9.26. The first-order valence-electron chi connectivity index (χ1n) is 12.2. The number of fused-ring (bicyclic) bond motifs is 1. The number of aliphatic hydroxyl groups excluding tert-OH is 1. The predicted molar refractivity (Wildman–Crippen MR) is 133 cm³/mol. The van der Waals surface area contributed by atoms with Crippen LogP contribution in [0.25, 0.3) is 22.2 Å². The summed E-state index contributed by atoms with van der Waals surface area (Å²) in [6.07, 6.45) is 8.43. The van der Waals surface area contributed by atoms with Gasteiger partial charge >= 0.3 is 11.4 Å². The number of nitrogens with zero attached hydrogens (tertiary/aromatic N) is 5. The lowest BCUT2D eigenvalue weighted by molar-refractivity contribution is -0.422. The molecule has 10 heteroatoms. The number of rotatable bonds is 6. The topological polar surface area (TPSA) is 128 Å². The molecule has 1 aliphatic heterocycles. The van der Waals surface area contributed by atoms with Crippen LogP contribution in [0.3, 0.4) is 0 Å². The van der Waals surface area contributed by atoms with Crippen LogP contribution in [0.4, 0.5) is 17.1 Å². The number of aliphatic hydroxyl groups is 1. The summed E-state index contributed by atoms with van der Waals surface area (Å²) in [4.78, 5) is 29.1. The average Bonchev–Trinajstić information content (AvgIpc) is 3.46. The summed E-state index contributed by atoms with van der Waals surface area (Å²) >= 11 is 0. The molecule has 2 unspecified atom stereocenters. The Morgan fingerprint density at radius 2 is 1.86 bits per heavy atom. The molecule has 2 aromatic carbocycles. The molecule has 1 N–H and O–H groups in total. The van der Waals surface area contributed by atoms with Crippen LogP contribution in [0, 0.1) is 26.1 Å². The molecule has 35 heavy (non-hydrogen) atoms. The van der Waals surface area contributed by atoms with E-state index in [-0.39, 0.29) is 24.1 Å². The van der Waals surface area contributed by atoms with E-state index in [1.165, 1.54) is 25.3 Å². The summed E-state index contributed by atoms with van der Waals surface area (Å²) in [7, 11) is 0. The Morgan fingerprint density at radius 1 is 1.09 bits per heavy atom. The monoisotopic (exact) mass is 479 g/mol. The molecule has 0 radical (unpaired) electrons. The lowest BCUT2D eigenvalue weighted by atomic mass is 9.95. The van der Waals surface area contributed by atoms with Gasteiger partial charge in [0.15, 0.2) is 0 Å². The SMILES string of the molecule is CC1CC(CO)CN1c1cc(-c2ccc3c(c2)ncn3C2CCCCC2)c([N+](=O)[O-])c([N+](=O)[O-])c1. The Labute approximate surface area is 202 Å². The standard InChI is InChI=1S/C25H29N5O5/c1-16-9-17(14-31)13-27(16)20-11-21(25(30(34)35)24(12-20)29(32)33)18-7-8-23-22(10-18)26-15-28(23)19-5-3-2-4-6-19/h7-8,10-12,15-17,19,31H,2-6,9,13-14H2,1H3. The van der Waals surface area contributed by atoms with Crippen molar-refractivity contribution in [3.8, 4) is 11.1 Å². The van der Waals surface area contributed by atoms with Crippen LogP contribution >= 0.6 is 0 Å². The van der Waals surface area contributed by atoms with Gasteiger partial charge in [0.25, 0.3) is 0 Å². The van der Waals surface area contributed by atoms with Crippen LogP contribution in [-0.2, 0) is 0 Å². The molecule has 10 nitrogen and oxygen atoms in total. The van der Waals surface area contributed by atoms with Gasteiger partial charge in [-0.15, -0.1) is 0 Å². The fourth-order valence-electron chi connectivity index (χ4n) is 5.81. The third-order valence-corrected chi connectivity index (χ3v) is 7.56. The minimum atomic E-state index is -0.689. The Bertz CT molecular complexity index is 1280. The average molecular weight is 480 g/mol. The van der Waals surface area contributed by atoms with Crippen LogP contribution in [0.2, 0.25) is 0 Å². The van der Waals surface area contributed by atoms with Gasteiger partial charge in [-0.25, -0.2) is 4.98 Å². The van der Waals surface area contributed by atoms with Crippen LogP contribution in [0.15, 0.2) is 36.7 Å². The van der Waals surface area contributed by atoms with E-state index >= 15 is 0 Å². The van der Waals surface area contributed by atoms with Crippen molar-refractivity contribution in [1.82, 2.24) is 9.55 Å². The number of hydrogen-bond donors (Lipinski definition) is 1. The molecule has 3 aromatic rings. The van der Waals surface area contributed by atoms with Crippen LogP contribution in [0.1, 0.15) is 51.5 Å². The molecule has 0 amide bonds. The van der Waals surface area contributed by atoms with Gasteiger partial charge in [-0.2, -0.15) is 0 Å². The normalized spacial score (nSPS) is 21.0. The largest absolute Gasteiger partial charge is 0.396 e. The third kappa shape index (κ3) is 4.22. The summed E-state index contributed by atoms with van der Waals surface area (Å²) in [5.41, 5.74) is 1.90. The zero-order chi connectivity index (χ0) is 24.7. The first-order valence-corrected chi connectivity index (χ1v) is 12.2. The highest BCUT2D eigenvalue weighted by molar-refractivity contribution is 5.89. The van der Waals surface area contributed by atoms with Crippen molar-refractivity contribution in [3.05, 3.63) is 56.9 Å². The number of imidazole rings is 1. The van der Waals surface area contributed by atoms with Crippen molar-refractivity contribution in [3.63, 3.8) is 0 Å². The second-order valence-corrected chi connectivity index (χ2v) is 9.81.